The van der Waals surface area contributed by atoms with Crippen LogP contribution in [0.2, 0.25) is 0 Å². The Kier molecular flexibility index (Phi) is 6.72. The molecule has 108 valence electrons. The standard InChI is InChI=1S/C14H20BrF2NO/c1-4-11(5-2)18-8-9(3)19-13-7-10(15)6-12(16)14(13)17/h6-7,9,11,18H,4-5,8H2,1-3H3. The van der Waals surface area contributed by atoms with Crippen molar-refractivity contribution in [2.24, 2.45) is 0 Å². The van der Waals surface area contributed by atoms with E-state index in [2.05, 4.69) is 35.1 Å². The third kappa shape index (κ3) is 5.07. The Morgan fingerprint density at radius 3 is 2.47 bits per heavy atom. The van der Waals surface area contributed by atoms with E-state index in [9.17, 15) is 8.78 Å². The molecule has 2 nitrogen and oxygen atoms in total. The topological polar surface area (TPSA) is 21.3 Å². The van der Waals surface area contributed by atoms with E-state index in [-0.39, 0.29) is 11.9 Å². The number of halogens is 3. The predicted molar refractivity (Wildman–Crippen MR) is 76.5 cm³/mol. The first-order chi connectivity index (χ1) is 8.97. The Morgan fingerprint density at radius 1 is 1.26 bits per heavy atom. The third-order valence-corrected chi connectivity index (χ3v) is 3.43. The number of rotatable bonds is 7. The van der Waals surface area contributed by atoms with Gasteiger partial charge >= 0.3 is 0 Å². The van der Waals surface area contributed by atoms with E-state index < -0.39 is 11.6 Å². The van der Waals surface area contributed by atoms with Gasteiger partial charge in [-0.1, -0.05) is 29.8 Å². The first kappa shape index (κ1) is 16.4. The van der Waals surface area contributed by atoms with Crippen molar-refractivity contribution in [1.29, 1.82) is 0 Å². The second-order valence-electron chi connectivity index (χ2n) is 4.55. The van der Waals surface area contributed by atoms with Crippen molar-refractivity contribution in [3.05, 3.63) is 28.2 Å². The molecular weight excluding hydrogens is 316 g/mol. The maximum atomic E-state index is 13.5. The fourth-order valence-corrected chi connectivity index (χ4v) is 2.20. The summed E-state index contributed by atoms with van der Waals surface area (Å²) in [4.78, 5) is 0. The summed E-state index contributed by atoms with van der Waals surface area (Å²) in [5, 5.41) is 3.33. The van der Waals surface area contributed by atoms with Crippen LogP contribution >= 0.6 is 15.9 Å². The molecule has 0 aliphatic heterocycles. The van der Waals surface area contributed by atoms with Gasteiger partial charge in [-0.25, -0.2) is 4.39 Å². The van der Waals surface area contributed by atoms with Crippen LogP contribution < -0.4 is 10.1 Å². The zero-order valence-electron chi connectivity index (χ0n) is 11.5. The van der Waals surface area contributed by atoms with Crippen molar-refractivity contribution in [3.8, 4) is 5.75 Å². The summed E-state index contributed by atoms with van der Waals surface area (Å²) in [6.45, 7) is 6.64. The second kappa shape index (κ2) is 7.80. The zero-order valence-corrected chi connectivity index (χ0v) is 13.1. The van der Waals surface area contributed by atoms with E-state index in [1.165, 1.54) is 6.07 Å². The van der Waals surface area contributed by atoms with Crippen LogP contribution in [0.1, 0.15) is 33.6 Å². The van der Waals surface area contributed by atoms with Crippen LogP contribution in [0.5, 0.6) is 5.75 Å². The summed E-state index contributed by atoms with van der Waals surface area (Å²) in [5.74, 6) is -1.92. The first-order valence-electron chi connectivity index (χ1n) is 6.52. The van der Waals surface area contributed by atoms with Crippen molar-refractivity contribution in [1.82, 2.24) is 5.32 Å². The number of hydrogen-bond acceptors (Lipinski definition) is 2. The van der Waals surface area contributed by atoms with Gasteiger partial charge in [-0.15, -0.1) is 0 Å². The van der Waals surface area contributed by atoms with Gasteiger partial charge in [-0.05, 0) is 31.9 Å². The van der Waals surface area contributed by atoms with Crippen molar-refractivity contribution in [3.63, 3.8) is 0 Å². The first-order valence-corrected chi connectivity index (χ1v) is 7.31. The van der Waals surface area contributed by atoms with Crippen LogP contribution in [-0.2, 0) is 0 Å². The molecule has 5 heteroatoms. The summed E-state index contributed by atoms with van der Waals surface area (Å²) < 4.78 is 32.6. The molecule has 1 aromatic rings. The van der Waals surface area contributed by atoms with Crippen LogP contribution in [0.15, 0.2) is 16.6 Å². The normalized spacial score (nSPS) is 12.8. The molecule has 1 unspecified atom stereocenters. The average Bonchev–Trinajstić information content (AvgIpc) is 2.36. The van der Waals surface area contributed by atoms with Crippen LogP contribution in [0.25, 0.3) is 0 Å². The van der Waals surface area contributed by atoms with E-state index in [1.54, 1.807) is 0 Å². The van der Waals surface area contributed by atoms with Crippen molar-refractivity contribution < 1.29 is 13.5 Å². The van der Waals surface area contributed by atoms with Gasteiger partial charge in [0.25, 0.3) is 0 Å². The highest BCUT2D eigenvalue weighted by molar-refractivity contribution is 9.10. The average molecular weight is 336 g/mol. The molecule has 0 bridgehead atoms. The third-order valence-electron chi connectivity index (χ3n) is 2.97. The molecule has 0 saturated carbocycles. The van der Waals surface area contributed by atoms with Crippen molar-refractivity contribution in [2.75, 3.05) is 6.54 Å². The summed E-state index contributed by atoms with van der Waals surface area (Å²) in [5.41, 5.74) is 0. The molecule has 1 atom stereocenters. The van der Waals surface area contributed by atoms with Gasteiger partial charge in [-0.3, -0.25) is 0 Å². The predicted octanol–water partition coefficient (Wildman–Crippen LogP) is 4.27. The Hall–Kier alpha value is -0.680. The van der Waals surface area contributed by atoms with E-state index >= 15 is 0 Å². The van der Waals surface area contributed by atoms with Crippen LogP contribution in [0.3, 0.4) is 0 Å². The van der Waals surface area contributed by atoms with Gasteiger partial charge in [0.2, 0.25) is 5.82 Å². The molecule has 1 aromatic carbocycles. The highest BCUT2D eigenvalue weighted by atomic mass is 79.9. The van der Waals surface area contributed by atoms with Gasteiger partial charge < -0.3 is 10.1 Å². The summed E-state index contributed by atoms with van der Waals surface area (Å²) >= 11 is 3.12. The minimum Gasteiger partial charge on any atom is -0.486 e. The molecule has 0 spiro atoms. The number of benzene rings is 1. The highest BCUT2D eigenvalue weighted by Crippen LogP contribution is 2.26. The molecule has 0 aliphatic rings. The fraction of sp³-hybridized carbons (Fsp3) is 0.571. The Bertz CT molecular complexity index is 411. The highest BCUT2D eigenvalue weighted by Gasteiger charge is 2.14. The lowest BCUT2D eigenvalue weighted by molar-refractivity contribution is 0.199. The largest absolute Gasteiger partial charge is 0.486 e. The summed E-state index contributed by atoms with van der Waals surface area (Å²) in [6, 6.07) is 2.94. The molecule has 0 radical (unpaired) electrons. The maximum absolute atomic E-state index is 13.5. The SMILES string of the molecule is CCC(CC)NCC(C)Oc1cc(Br)cc(F)c1F. The molecule has 0 fully saturated rings. The van der Waals surface area contributed by atoms with Crippen LogP contribution in [0.4, 0.5) is 8.78 Å². The minimum atomic E-state index is -0.947. The van der Waals surface area contributed by atoms with Gasteiger partial charge in [0.15, 0.2) is 11.6 Å². The van der Waals surface area contributed by atoms with Crippen molar-refractivity contribution >= 4 is 15.9 Å². The van der Waals surface area contributed by atoms with E-state index in [0.717, 1.165) is 18.9 Å². The minimum absolute atomic E-state index is 0.0641. The smallest absolute Gasteiger partial charge is 0.200 e. The van der Waals surface area contributed by atoms with Gasteiger partial charge in [-0.2, -0.15) is 4.39 Å². The summed E-state index contributed by atoms with van der Waals surface area (Å²) in [7, 11) is 0. The molecule has 0 amide bonds. The molecule has 0 heterocycles. The van der Waals surface area contributed by atoms with E-state index in [0.29, 0.717) is 17.1 Å². The Labute approximate surface area is 121 Å². The maximum Gasteiger partial charge on any atom is 0.200 e. The Morgan fingerprint density at radius 2 is 1.89 bits per heavy atom. The molecule has 1 rings (SSSR count). The molecule has 1 N–H and O–H groups in total. The van der Waals surface area contributed by atoms with Crippen molar-refractivity contribution in [2.45, 2.75) is 45.8 Å². The molecule has 19 heavy (non-hydrogen) atoms. The molecule has 0 aromatic heterocycles. The molecule has 0 saturated heterocycles. The fourth-order valence-electron chi connectivity index (χ4n) is 1.79. The Balaban J connectivity index is 2.59. The van der Waals surface area contributed by atoms with Gasteiger partial charge in [0, 0.05) is 17.1 Å². The van der Waals surface area contributed by atoms with Crippen LogP contribution in [-0.4, -0.2) is 18.7 Å². The number of hydrogen-bond donors (Lipinski definition) is 1. The summed E-state index contributed by atoms with van der Waals surface area (Å²) in [6.07, 6.45) is 1.83. The monoisotopic (exact) mass is 335 g/mol. The number of nitrogens with one attached hydrogen (secondary N) is 1. The van der Waals surface area contributed by atoms with Gasteiger partial charge in [0.1, 0.15) is 6.10 Å². The second-order valence-corrected chi connectivity index (χ2v) is 5.47. The quantitative estimate of drug-likeness (QED) is 0.751. The lowest BCUT2D eigenvalue weighted by Crippen LogP contribution is -2.36. The van der Waals surface area contributed by atoms with Crippen LogP contribution in [0, 0.1) is 11.6 Å². The van der Waals surface area contributed by atoms with E-state index in [4.69, 9.17) is 4.74 Å². The van der Waals surface area contributed by atoms with E-state index in [1.807, 2.05) is 6.92 Å². The molecule has 0 aliphatic carbocycles. The number of ether oxygens (including phenoxy) is 1. The molecular formula is C14H20BrF2NO. The lowest BCUT2D eigenvalue weighted by atomic mass is 10.1. The van der Waals surface area contributed by atoms with Gasteiger partial charge in [0.05, 0.1) is 0 Å². The zero-order chi connectivity index (χ0) is 14.4. The lowest BCUT2D eigenvalue weighted by Gasteiger charge is -2.20.